The number of carbonyl (C=O) groups excluding carboxylic acids is 1. The number of nitrogens with zero attached hydrogens (tertiary/aromatic N) is 4. The van der Waals surface area contributed by atoms with Gasteiger partial charge in [0.25, 0.3) is 0 Å². The Morgan fingerprint density at radius 1 is 1.28 bits per heavy atom. The summed E-state index contributed by atoms with van der Waals surface area (Å²) in [7, 11) is 0. The predicted molar refractivity (Wildman–Crippen MR) is 121 cm³/mol. The van der Waals surface area contributed by atoms with E-state index in [4.69, 9.17) is 9.72 Å². The van der Waals surface area contributed by atoms with Gasteiger partial charge in [-0.25, -0.2) is 14.8 Å². The summed E-state index contributed by atoms with van der Waals surface area (Å²) in [4.78, 5) is 27.8. The van der Waals surface area contributed by atoms with Crippen molar-refractivity contribution in [1.29, 1.82) is 5.26 Å². The summed E-state index contributed by atoms with van der Waals surface area (Å²) in [5.41, 5.74) is 4.00. The second kappa shape index (κ2) is 7.15. The maximum absolute atomic E-state index is 12.8. The maximum atomic E-state index is 12.8. The third-order valence-electron chi connectivity index (χ3n) is 5.96. The number of rotatable bonds is 3. The number of H-pyrrole nitrogens is 1. The molecule has 2 fully saturated rings. The Labute approximate surface area is 187 Å². The van der Waals surface area contributed by atoms with Gasteiger partial charge >= 0.3 is 6.03 Å². The normalized spacial score (nSPS) is 16.4. The van der Waals surface area contributed by atoms with Crippen molar-refractivity contribution < 1.29 is 9.53 Å². The van der Waals surface area contributed by atoms with Crippen molar-refractivity contribution in [2.45, 2.75) is 0 Å². The van der Waals surface area contributed by atoms with Gasteiger partial charge in [-0.05, 0) is 24.3 Å². The zero-order chi connectivity index (χ0) is 21.7. The third kappa shape index (κ3) is 3.04. The molecule has 2 aliphatic heterocycles. The summed E-state index contributed by atoms with van der Waals surface area (Å²) in [6.45, 7) is 2.88. The average molecular weight is 443 g/mol. The third-order valence-corrected chi connectivity index (χ3v) is 6.96. The van der Waals surface area contributed by atoms with Gasteiger partial charge in [-0.3, -0.25) is 5.32 Å². The second-order valence-electron chi connectivity index (χ2n) is 8.27. The van der Waals surface area contributed by atoms with E-state index in [-0.39, 0.29) is 11.4 Å². The highest BCUT2D eigenvalue weighted by Crippen LogP contribution is 2.42. The molecule has 32 heavy (non-hydrogen) atoms. The van der Waals surface area contributed by atoms with E-state index in [0.29, 0.717) is 23.8 Å². The number of hydrogen-bond acceptors (Lipinski definition) is 6. The Hall–Kier alpha value is -3.74. The van der Waals surface area contributed by atoms with Crippen LogP contribution in [0.25, 0.3) is 32.7 Å². The molecule has 0 radical (unpaired) electrons. The van der Waals surface area contributed by atoms with Crippen molar-refractivity contribution in [2.24, 2.45) is 5.41 Å². The Bertz CT molecular complexity index is 1390. The zero-order valence-electron chi connectivity index (χ0n) is 17.0. The van der Waals surface area contributed by atoms with Gasteiger partial charge in [0.1, 0.15) is 5.65 Å². The molecule has 2 saturated heterocycles. The highest BCUT2D eigenvalue weighted by atomic mass is 32.1. The lowest BCUT2D eigenvalue weighted by Gasteiger charge is -2.54. The van der Waals surface area contributed by atoms with Crippen molar-refractivity contribution in [3.05, 3.63) is 54.4 Å². The summed E-state index contributed by atoms with van der Waals surface area (Å²) in [5, 5.41) is 13.8. The van der Waals surface area contributed by atoms with E-state index >= 15 is 0 Å². The number of nitriles is 1. The van der Waals surface area contributed by atoms with Crippen LogP contribution < -0.4 is 5.32 Å². The standard InChI is InChI=1S/C23H18N6O2S/c24-8-14-3-1-4-15(7-14)18-19(17-9-26-20-16(17)5-2-6-25-20)32-21(27-18)28-22(30)29-10-23(11-29)12-31-13-23/h1-7,9H,10-13H2,(H,25,26)(H,27,28,30). The van der Waals surface area contributed by atoms with E-state index in [1.54, 1.807) is 17.2 Å². The molecule has 5 heterocycles. The SMILES string of the molecule is N#Cc1cccc(-c2nc(NC(=O)N3CC4(COC4)C3)sc2-c2c[nH]c3ncccc23)c1. The smallest absolute Gasteiger partial charge is 0.323 e. The summed E-state index contributed by atoms with van der Waals surface area (Å²) in [6.07, 6.45) is 3.65. The molecule has 8 nitrogen and oxygen atoms in total. The molecule has 2 aliphatic rings. The number of aromatic amines is 1. The van der Waals surface area contributed by atoms with E-state index in [2.05, 4.69) is 21.4 Å². The molecule has 3 aromatic heterocycles. The lowest BCUT2D eigenvalue weighted by atomic mass is 9.78. The Morgan fingerprint density at radius 3 is 2.94 bits per heavy atom. The molecule has 0 saturated carbocycles. The minimum Gasteiger partial charge on any atom is -0.380 e. The number of fused-ring (bicyclic) bond motifs is 1. The number of thiazole rings is 1. The van der Waals surface area contributed by atoms with Gasteiger partial charge < -0.3 is 14.6 Å². The van der Waals surface area contributed by atoms with Crippen LogP contribution in [0.5, 0.6) is 0 Å². The van der Waals surface area contributed by atoms with Gasteiger partial charge in [0.05, 0.1) is 40.8 Å². The number of aromatic nitrogens is 3. The largest absolute Gasteiger partial charge is 0.380 e. The Morgan fingerprint density at radius 2 is 2.16 bits per heavy atom. The van der Waals surface area contributed by atoms with Crippen LogP contribution in [-0.4, -0.2) is 52.2 Å². The van der Waals surface area contributed by atoms with Crippen LogP contribution in [0.3, 0.4) is 0 Å². The molecule has 2 amide bonds. The maximum Gasteiger partial charge on any atom is 0.323 e. The first-order chi connectivity index (χ1) is 15.6. The number of nitrogens with one attached hydrogen (secondary N) is 2. The van der Waals surface area contributed by atoms with Gasteiger partial charge in [-0.1, -0.05) is 23.5 Å². The van der Waals surface area contributed by atoms with Crippen LogP contribution in [0.2, 0.25) is 0 Å². The van der Waals surface area contributed by atoms with Gasteiger partial charge in [0.15, 0.2) is 5.13 Å². The lowest BCUT2D eigenvalue weighted by Crippen LogP contribution is -2.67. The number of likely N-dealkylation sites (tertiary alicyclic amines) is 1. The number of urea groups is 1. The van der Waals surface area contributed by atoms with Gasteiger partial charge in [0.2, 0.25) is 0 Å². The molecular formula is C23H18N6O2S. The Kier molecular flexibility index (Phi) is 4.24. The number of carbonyl (C=O) groups is 1. The van der Waals surface area contributed by atoms with E-state index in [0.717, 1.165) is 45.9 Å². The van der Waals surface area contributed by atoms with Crippen LogP contribution >= 0.6 is 11.3 Å². The summed E-state index contributed by atoms with van der Waals surface area (Å²) < 4.78 is 5.29. The number of hydrogen-bond donors (Lipinski definition) is 2. The first kappa shape index (κ1) is 19.0. The van der Waals surface area contributed by atoms with E-state index in [1.807, 2.05) is 36.5 Å². The fourth-order valence-corrected chi connectivity index (χ4v) is 5.29. The average Bonchev–Trinajstić information content (AvgIpc) is 3.35. The van der Waals surface area contributed by atoms with Crippen LogP contribution in [0.1, 0.15) is 5.56 Å². The molecule has 2 N–H and O–H groups in total. The summed E-state index contributed by atoms with van der Waals surface area (Å²) >= 11 is 1.42. The molecule has 1 spiro atoms. The minimum atomic E-state index is -0.152. The van der Waals surface area contributed by atoms with E-state index in [9.17, 15) is 10.1 Å². The van der Waals surface area contributed by atoms with Gasteiger partial charge in [0, 0.05) is 42.0 Å². The molecular weight excluding hydrogens is 424 g/mol. The van der Waals surface area contributed by atoms with Crippen LogP contribution in [-0.2, 0) is 4.74 Å². The molecule has 0 bridgehead atoms. The second-order valence-corrected chi connectivity index (χ2v) is 9.27. The van der Waals surface area contributed by atoms with Crippen molar-refractivity contribution in [2.75, 3.05) is 31.6 Å². The molecule has 0 aliphatic carbocycles. The molecule has 6 rings (SSSR count). The molecule has 1 aromatic carbocycles. The summed E-state index contributed by atoms with van der Waals surface area (Å²) in [5.74, 6) is 0. The number of anilines is 1. The fourth-order valence-electron chi connectivity index (χ4n) is 4.28. The van der Waals surface area contributed by atoms with E-state index < -0.39 is 0 Å². The molecule has 4 aromatic rings. The first-order valence-electron chi connectivity index (χ1n) is 10.2. The number of ether oxygens (including phenoxy) is 1. The van der Waals surface area contributed by atoms with Crippen molar-refractivity contribution >= 4 is 33.5 Å². The van der Waals surface area contributed by atoms with E-state index in [1.165, 1.54) is 11.3 Å². The monoisotopic (exact) mass is 442 g/mol. The quantitative estimate of drug-likeness (QED) is 0.497. The first-order valence-corrected chi connectivity index (χ1v) is 11.0. The van der Waals surface area contributed by atoms with Gasteiger partial charge in [-0.2, -0.15) is 5.26 Å². The van der Waals surface area contributed by atoms with Crippen molar-refractivity contribution in [3.63, 3.8) is 0 Å². The molecule has 0 atom stereocenters. The number of pyridine rings is 1. The van der Waals surface area contributed by atoms with Crippen LogP contribution in [0, 0.1) is 16.7 Å². The molecule has 158 valence electrons. The van der Waals surface area contributed by atoms with Gasteiger partial charge in [-0.15, -0.1) is 0 Å². The Balaban J connectivity index is 1.38. The lowest BCUT2D eigenvalue weighted by molar-refractivity contribution is -0.174. The van der Waals surface area contributed by atoms with Crippen LogP contribution in [0.15, 0.2) is 48.8 Å². The van der Waals surface area contributed by atoms with Crippen molar-refractivity contribution in [3.8, 4) is 27.8 Å². The molecule has 9 heteroatoms. The topological polar surface area (TPSA) is 107 Å². The minimum absolute atomic E-state index is 0.152. The number of benzene rings is 1. The predicted octanol–water partition coefficient (Wildman–Crippen LogP) is 4.09. The number of amides is 2. The van der Waals surface area contributed by atoms with Crippen LogP contribution in [0.4, 0.5) is 9.93 Å². The zero-order valence-corrected chi connectivity index (χ0v) is 17.8. The van der Waals surface area contributed by atoms with Crippen molar-refractivity contribution in [1.82, 2.24) is 19.9 Å². The molecule has 0 unspecified atom stereocenters. The highest BCUT2D eigenvalue weighted by molar-refractivity contribution is 7.19. The fraction of sp³-hybridized carbons (Fsp3) is 0.217. The highest BCUT2D eigenvalue weighted by Gasteiger charge is 2.50. The summed E-state index contributed by atoms with van der Waals surface area (Å²) in [6, 6.07) is 13.3.